The van der Waals surface area contributed by atoms with Gasteiger partial charge in [-0.3, -0.25) is 9.32 Å². The molecular weight excluding hydrogens is 329 g/mol. The second-order valence-corrected chi connectivity index (χ2v) is 5.17. The van der Waals surface area contributed by atoms with Gasteiger partial charge in [0, 0.05) is 18.7 Å². The first-order valence-corrected chi connectivity index (χ1v) is 7.39. The van der Waals surface area contributed by atoms with E-state index in [0.717, 1.165) is 0 Å². The fraction of sp³-hybridized carbons (Fsp3) is 0.118. The average molecular weight is 344 g/mol. The largest absolute Gasteiger partial charge is 0.497 e. The van der Waals surface area contributed by atoms with Crippen LogP contribution in [-0.4, -0.2) is 18.3 Å². The fourth-order valence-corrected chi connectivity index (χ4v) is 2.25. The van der Waals surface area contributed by atoms with Crippen LogP contribution in [0.25, 0.3) is 5.69 Å². The van der Waals surface area contributed by atoms with Crippen LogP contribution < -0.4 is 20.4 Å². The van der Waals surface area contributed by atoms with Crippen LogP contribution >= 0.6 is 0 Å². The second-order valence-electron chi connectivity index (χ2n) is 5.17. The summed E-state index contributed by atoms with van der Waals surface area (Å²) in [6, 6.07) is 12.4. The molecule has 1 aromatic heterocycles. The van der Waals surface area contributed by atoms with Crippen LogP contribution in [0.15, 0.2) is 57.8 Å². The van der Waals surface area contributed by atoms with Crippen molar-refractivity contribution in [2.75, 3.05) is 7.11 Å². The number of H-pyrrole nitrogens is 1. The number of aromatic amines is 1. The maximum Gasteiger partial charge on any atom is 0.441 e. The third-order valence-electron chi connectivity index (χ3n) is 3.56. The van der Waals surface area contributed by atoms with Crippen molar-refractivity contribution in [2.45, 2.75) is 6.54 Å². The number of ether oxygens (including phenoxy) is 1. The van der Waals surface area contributed by atoms with E-state index in [1.165, 1.54) is 23.9 Å². The number of hydrogen-bond donors (Lipinski definition) is 2. The van der Waals surface area contributed by atoms with E-state index >= 15 is 0 Å². The lowest BCUT2D eigenvalue weighted by Crippen LogP contribution is -2.44. The first-order valence-electron chi connectivity index (χ1n) is 7.39. The van der Waals surface area contributed by atoms with E-state index in [9.17, 15) is 14.0 Å². The highest BCUT2D eigenvalue weighted by atomic mass is 19.1. The molecular formula is C17H15FN3O4+. The van der Waals surface area contributed by atoms with E-state index in [0.29, 0.717) is 17.0 Å². The summed E-state index contributed by atoms with van der Waals surface area (Å²) in [5.74, 6) is -0.341. The maximum absolute atomic E-state index is 12.9. The summed E-state index contributed by atoms with van der Waals surface area (Å²) < 4.78 is 23.9. The third-order valence-corrected chi connectivity index (χ3v) is 3.56. The van der Waals surface area contributed by atoms with E-state index in [1.54, 1.807) is 36.4 Å². The van der Waals surface area contributed by atoms with Gasteiger partial charge in [0.05, 0.1) is 7.11 Å². The highest BCUT2D eigenvalue weighted by molar-refractivity contribution is 5.90. The van der Waals surface area contributed by atoms with Crippen LogP contribution in [0.5, 0.6) is 5.75 Å². The Bertz CT molecular complexity index is 930. The molecule has 1 heterocycles. The number of carbonyl (C=O) groups excluding carboxylic acids is 1. The number of halogens is 1. The third kappa shape index (κ3) is 3.57. The van der Waals surface area contributed by atoms with Gasteiger partial charge < -0.3 is 10.1 Å². The molecule has 0 spiro atoms. The molecule has 3 aromatic rings. The Labute approximate surface area is 141 Å². The molecule has 0 saturated heterocycles. The lowest BCUT2D eigenvalue weighted by Gasteiger charge is -2.02. The van der Waals surface area contributed by atoms with Gasteiger partial charge in [-0.1, -0.05) is 12.1 Å². The van der Waals surface area contributed by atoms with Gasteiger partial charge in [-0.15, -0.1) is 0 Å². The molecule has 0 radical (unpaired) electrons. The fourth-order valence-electron chi connectivity index (χ4n) is 2.25. The molecule has 2 aromatic carbocycles. The Morgan fingerprint density at radius 3 is 2.52 bits per heavy atom. The molecule has 0 aliphatic carbocycles. The molecule has 3 rings (SSSR count). The zero-order valence-electron chi connectivity index (χ0n) is 13.3. The molecule has 1 amide bonds. The number of hydrogen-bond acceptors (Lipinski definition) is 4. The van der Waals surface area contributed by atoms with Crippen molar-refractivity contribution >= 4 is 5.91 Å². The number of nitrogens with zero attached hydrogens (tertiary/aromatic N) is 1. The summed E-state index contributed by atoms with van der Waals surface area (Å²) in [7, 11) is 1.54. The minimum Gasteiger partial charge on any atom is -0.497 e. The Morgan fingerprint density at radius 2 is 1.88 bits per heavy atom. The summed E-state index contributed by atoms with van der Waals surface area (Å²) >= 11 is 0. The van der Waals surface area contributed by atoms with Gasteiger partial charge in [-0.25, -0.2) is 9.18 Å². The molecule has 25 heavy (non-hydrogen) atoms. The van der Waals surface area contributed by atoms with Gasteiger partial charge in [0.1, 0.15) is 11.6 Å². The lowest BCUT2D eigenvalue weighted by molar-refractivity contribution is -0.672. The summed E-state index contributed by atoms with van der Waals surface area (Å²) in [5.41, 5.74) is 0.226. The van der Waals surface area contributed by atoms with Gasteiger partial charge in [0.2, 0.25) is 5.69 Å². The Balaban J connectivity index is 1.81. The molecule has 0 aliphatic rings. The van der Waals surface area contributed by atoms with Gasteiger partial charge in [0.15, 0.2) is 0 Å². The van der Waals surface area contributed by atoms with E-state index in [4.69, 9.17) is 9.26 Å². The molecule has 0 atom stereocenters. The van der Waals surface area contributed by atoms with Crippen molar-refractivity contribution < 1.29 is 23.1 Å². The number of aromatic nitrogens is 2. The summed E-state index contributed by atoms with van der Waals surface area (Å²) in [6.07, 6.45) is 0. The van der Waals surface area contributed by atoms with Crippen LogP contribution in [0.2, 0.25) is 0 Å². The SMILES string of the molecule is COc1ccc(-[n+]2[nH]oc(=O)c2C(=O)NCc2ccc(F)cc2)cc1. The minimum atomic E-state index is -0.799. The molecule has 2 N–H and O–H groups in total. The topological polar surface area (TPSA) is 88.2 Å². The normalized spacial score (nSPS) is 10.5. The molecule has 7 nitrogen and oxygen atoms in total. The lowest BCUT2D eigenvalue weighted by atomic mass is 10.2. The van der Waals surface area contributed by atoms with Gasteiger partial charge in [-0.05, 0) is 39.8 Å². The van der Waals surface area contributed by atoms with E-state index in [2.05, 4.69) is 10.6 Å². The smallest absolute Gasteiger partial charge is 0.441 e. The Kier molecular flexibility index (Phi) is 4.60. The quantitative estimate of drug-likeness (QED) is 0.684. The van der Waals surface area contributed by atoms with Crippen molar-refractivity contribution in [3.8, 4) is 11.4 Å². The van der Waals surface area contributed by atoms with Gasteiger partial charge >= 0.3 is 17.2 Å². The van der Waals surface area contributed by atoms with Crippen molar-refractivity contribution in [3.63, 3.8) is 0 Å². The number of benzene rings is 2. The summed E-state index contributed by atoms with van der Waals surface area (Å²) in [4.78, 5) is 24.3. The zero-order chi connectivity index (χ0) is 17.8. The van der Waals surface area contributed by atoms with E-state index < -0.39 is 11.5 Å². The van der Waals surface area contributed by atoms with E-state index in [1.807, 2.05) is 0 Å². The highest BCUT2D eigenvalue weighted by Gasteiger charge is 2.30. The predicted molar refractivity (Wildman–Crippen MR) is 85.0 cm³/mol. The Morgan fingerprint density at radius 1 is 1.20 bits per heavy atom. The second kappa shape index (κ2) is 7.00. The number of methoxy groups -OCH3 is 1. The molecule has 0 unspecified atom stereocenters. The van der Waals surface area contributed by atoms with Crippen molar-refractivity contribution in [1.82, 2.24) is 10.6 Å². The Hall–Kier alpha value is -3.42. The van der Waals surface area contributed by atoms with Crippen molar-refractivity contribution in [2.24, 2.45) is 0 Å². The van der Waals surface area contributed by atoms with Crippen LogP contribution in [-0.2, 0) is 6.54 Å². The molecule has 8 heteroatoms. The molecule has 0 saturated carbocycles. The number of rotatable bonds is 5. The first-order chi connectivity index (χ1) is 12.1. The first kappa shape index (κ1) is 16.4. The van der Waals surface area contributed by atoms with E-state index in [-0.39, 0.29) is 18.1 Å². The number of nitrogens with one attached hydrogen (secondary N) is 2. The standard InChI is InChI=1S/C17H14FN3O4/c1-24-14-8-6-13(7-9-14)21-15(17(23)25-20-21)16(22)19-10-11-2-4-12(18)5-3-11/h2-9H,10H2,1H3,(H-,19,20,22,23)/p+1. The molecule has 0 aliphatic heterocycles. The zero-order valence-corrected chi connectivity index (χ0v) is 13.3. The van der Waals surface area contributed by atoms with Gasteiger partial charge in [0.25, 0.3) is 0 Å². The summed E-state index contributed by atoms with van der Waals surface area (Å²) in [6.45, 7) is 0.145. The minimum absolute atomic E-state index is 0.145. The molecule has 0 fully saturated rings. The van der Waals surface area contributed by atoms with Crippen LogP contribution in [0.4, 0.5) is 4.39 Å². The average Bonchev–Trinajstić information content (AvgIpc) is 3.02. The molecule has 0 bridgehead atoms. The maximum atomic E-state index is 12.9. The van der Waals surface area contributed by atoms with Crippen LogP contribution in [0.1, 0.15) is 16.1 Å². The van der Waals surface area contributed by atoms with Crippen LogP contribution in [0, 0.1) is 5.82 Å². The van der Waals surface area contributed by atoms with Crippen LogP contribution in [0.3, 0.4) is 0 Å². The molecule has 128 valence electrons. The van der Waals surface area contributed by atoms with Gasteiger partial charge in [-0.2, -0.15) is 0 Å². The highest BCUT2D eigenvalue weighted by Crippen LogP contribution is 2.11. The predicted octanol–water partition coefficient (Wildman–Crippen LogP) is 1.32. The monoisotopic (exact) mass is 344 g/mol. The van der Waals surface area contributed by atoms with Crippen molar-refractivity contribution in [3.05, 3.63) is 76.0 Å². The van der Waals surface area contributed by atoms with Crippen molar-refractivity contribution in [1.29, 1.82) is 0 Å². The summed E-state index contributed by atoms with van der Waals surface area (Å²) in [5, 5.41) is 5.00. The number of amides is 1. The number of carbonyl (C=O) groups is 1.